The lowest BCUT2D eigenvalue weighted by Crippen LogP contribution is -2.05. The van der Waals surface area contributed by atoms with Crippen molar-refractivity contribution in [1.82, 2.24) is 0 Å². The minimum atomic E-state index is -0.359. The molecule has 0 unspecified atom stereocenters. The number of para-hydroxylation sites is 1. The van der Waals surface area contributed by atoms with Crippen molar-refractivity contribution >= 4 is 40.5 Å². The van der Waals surface area contributed by atoms with Crippen LogP contribution in [0.5, 0.6) is 0 Å². The van der Waals surface area contributed by atoms with Crippen LogP contribution in [-0.2, 0) is 17.6 Å². The number of carbonyl (C=O) groups excluding carboxylic acids is 1. The molecule has 0 radical (unpaired) electrons. The first-order valence-corrected chi connectivity index (χ1v) is 9.79. The topological polar surface area (TPSA) is 38.3 Å². The molecule has 3 nitrogen and oxygen atoms in total. The van der Waals surface area contributed by atoms with E-state index in [-0.39, 0.29) is 5.97 Å². The average molecular weight is 414 g/mol. The number of methoxy groups -OCH3 is 1. The molecule has 144 valence electrons. The molecule has 0 saturated carbocycles. The summed E-state index contributed by atoms with van der Waals surface area (Å²) in [5.74, 6) is -0.359. The highest BCUT2D eigenvalue weighted by Crippen LogP contribution is 2.24. The van der Waals surface area contributed by atoms with Gasteiger partial charge in [0.1, 0.15) is 0 Å². The fourth-order valence-electron chi connectivity index (χ4n) is 2.98. The predicted octanol–water partition coefficient (Wildman–Crippen LogP) is 6.70. The van der Waals surface area contributed by atoms with Crippen LogP contribution in [0.15, 0.2) is 66.7 Å². The van der Waals surface area contributed by atoms with Crippen molar-refractivity contribution in [2.45, 2.75) is 19.3 Å². The minimum absolute atomic E-state index is 0.359. The fourth-order valence-corrected chi connectivity index (χ4v) is 3.30. The summed E-state index contributed by atoms with van der Waals surface area (Å²) in [4.78, 5) is 11.9. The SMILES string of the molecule is COC(=O)c1ccccc1Nc1ccc(CCCc2ccc(Cl)c(Cl)c2)cc1. The van der Waals surface area contributed by atoms with E-state index in [9.17, 15) is 4.79 Å². The third-order valence-corrected chi connectivity index (χ3v) is 5.22. The van der Waals surface area contributed by atoms with Crippen molar-refractivity contribution in [2.24, 2.45) is 0 Å². The fraction of sp³-hybridized carbons (Fsp3) is 0.174. The molecule has 0 aliphatic rings. The van der Waals surface area contributed by atoms with Crippen LogP contribution in [0.1, 0.15) is 27.9 Å². The molecule has 0 aromatic heterocycles. The lowest BCUT2D eigenvalue weighted by molar-refractivity contribution is 0.0602. The van der Waals surface area contributed by atoms with E-state index in [4.69, 9.17) is 27.9 Å². The van der Waals surface area contributed by atoms with Gasteiger partial charge in [0.15, 0.2) is 0 Å². The molecule has 0 heterocycles. The zero-order chi connectivity index (χ0) is 19.9. The number of nitrogens with one attached hydrogen (secondary N) is 1. The van der Waals surface area contributed by atoms with Crippen molar-refractivity contribution in [2.75, 3.05) is 12.4 Å². The molecular formula is C23H21Cl2NO2. The van der Waals surface area contributed by atoms with E-state index >= 15 is 0 Å². The quantitative estimate of drug-likeness (QED) is 0.437. The summed E-state index contributed by atoms with van der Waals surface area (Å²) < 4.78 is 4.83. The average Bonchev–Trinajstić information content (AvgIpc) is 2.72. The summed E-state index contributed by atoms with van der Waals surface area (Å²) >= 11 is 12.0. The molecular weight excluding hydrogens is 393 g/mol. The maximum Gasteiger partial charge on any atom is 0.339 e. The second kappa shape index (κ2) is 9.63. The molecule has 3 aromatic carbocycles. The van der Waals surface area contributed by atoms with Gasteiger partial charge < -0.3 is 10.1 Å². The van der Waals surface area contributed by atoms with Crippen molar-refractivity contribution < 1.29 is 9.53 Å². The molecule has 0 atom stereocenters. The minimum Gasteiger partial charge on any atom is -0.465 e. The molecule has 0 bridgehead atoms. The highest BCUT2D eigenvalue weighted by Gasteiger charge is 2.10. The molecule has 0 spiro atoms. The first-order valence-electron chi connectivity index (χ1n) is 9.04. The maximum absolute atomic E-state index is 11.9. The zero-order valence-electron chi connectivity index (χ0n) is 15.5. The normalized spacial score (nSPS) is 10.5. The second-order valence-electron chi connectivity index (χ2n) is 6.46. The van der Waals surface area contributed by atoms with Crippen molar-refractivity contribution in [3.63, 3.8) is 0 Å². The molecule has 5 heteroatoms. The molecule has 0 aliphatic carbocycles. The Hall–Kier alpha value is -2.49. The summed E-state index contributed by atoms with van der Waals surface area (Å²) in [5, 5.41) is 4.46. The van der Waals surface area contributed by atoms with Gasteiger partial charge in [-0.2, -0.15) is 0 Å². The van der Waals surface area contributed by atoms with Crippen LogP contribution in [0.25, 0.3) is 0 Å². The van der Waals surface area contributed by atoms with Gasteiger partial charge in [0.05, 0.1) is 28.4 Å². The molecule has 28 heavy (non-hydrogen) atoms. The molecule has 3 rings (SSSR count). The van der Waals surface area contributed by atoms with E-state index in [1.54, 1.807) is 6.07 Å². The standard InChI is InChI=1S/C23H21Cl2NO2/c1-28-23(27)19-7-2-3-8-22(19)26-18-12-9-16(10-13-18)5-4-6-17-11-14-20(24)21(25)15-17/h2-3,7-15,26H,4-6H2,1H3. The molecule has 0 amide bonds. The van der Waals surface area contributed by atoms with E-state index in [0.717, 1.165) is 30.6 Å². The summed E-state index contributed by atoms with van der Waals surface area (Å²) in [6, 6.07) is 21.3. The van der Waals surface area contributed by atoms with Gasteiger partial charge in [0.25, 0.3) is 0 Å². The van der Waals surface area contributed by atoms with E-state index in [0.29, 0.717) is 15.6 Å². The lowest BCUT2D eigenvalue weighted by Gasteiger charge is -2.11. The molecule has 3 aromatic rings. The van der Waals surface area contributed by atoms with Gasteiger partial charge in [-0.25, -0.2) is 4.79 Å². The van der Waals surface area contributed by atoms with Gasteiger partial charge in [-0.1, -0.05) is 53.5 Å². The highest BCUT2D eigenvalue weighted by atomic mass is 35.5. The number of halogens is 2. The van der Waals surface area contributed by atoms with Gasteiger partial charge in [-0.3, -0.25) is 0 Å². The maximum atomic E-state index is 11.9. The highest BCUT2D eigenvalue weighted by molar-refractivity contribution is 6.42. The molecule has 0 aliphatic heterocycles. The third-order valence-electron chi connectivity index (χ3n) is 4.48. The van der Waals surface area contributed by atoms with Gasteiger partial charge in [-0.05, 0) is 66.8 Å². The van der Waals surface area contributed by atoms with Gasteiger partial charge >= 0.3 is 5.97 Å². The van der Waals surface area contributed by atoms with Gasteiger partial charge in [-0.15, -0.1) is 0 Å². The van der Waals surface area contributed by atoms with Crippen molar-refractivity contribution in [3.8, 4) is 0 Å². The second-order valence-corrected chi connectivity index (χ2v) is 7.28. The van der Waals surface area contributed by atoms with Crippen LogP contribution in [0.4, 0.5) is 11.4 Å². The summed E-state index contributed by atoms with van der Waals surface area (Å²) in [6.45, 7) is 0. The molecule has 0 saturated heterocycles. The Morgan fingerprint density at radius 3 is 2.29 bits per heavy atom. The number of carbonyl (C=O) groups is 1. The van der Waals surface area contributed by atoms with E-state index < -0.39 is 0 Å². The number of esters is 1. The van der Waals surface area contributed by atoms with E-state index in [1.165, 1.54) is 18.2 Å². The Morgan fingerprint density at radius 1 is 0.893 bits per heavy atom. The Balaban J connectivity index is 1.58. The first kappa shape index (κ1) is 20.2. The summed E-state index contributed by atoms with van der Waals surface area (Å²) in [7, 11) is 1.38. The number of aryl methyl sites for hydroxylation is 2. The smallest absolute Gasteiger partial charge is 0.339 e. The summed E-state index contributed by atoms with van der Waals surface area (Å²) in [6.07, 6.45) is 2.94. The number of hydrogen-bond donors (Lipinski definition) is 1. The van der Waals surface area contributed by atoms with Crippen molar-refractivity contribution in [1.29, 1.82) is 0 Å². The van der Waals surface area contributed by atoms with Crippen molar-refractivity contribution in [3.05, 3.63) is 93.5 Å². The van der Waals surface area contributed by atoms with E-state index in [1.807, 2.05) is 48.5 Å². The Kier molecular flexibility index (Phi) is 6.96. The third kappa shape index (κ3) is 5.28. The Bertz CT molecular complexity index is 955. The van der Waals surface area contributed by atoms with Gasteiger partial charge in [0.2, 0.25) is 0 Å². The number of benzene rings is 3. The largest absolute Gasteiger partial charge is 0.465 e. The lowest BCUT2D eigenvalue weighted by atomic mass is 10.0. The van der Waals surface area contributed by atoms with E-state index in [2.05, 4.69) is 17.4 Å². The number of rotatable bonds is 7. The monoisotopic (exact) mass is 413 g/mol. The molecule has 0 fully saturated rings. The molecule has 1 N–H and O–H groups in total. The summed E-state index contributed by atoms with van der Waals surface area (Å²) in [5.41, 5.74) is 4.60. The van der Waals surface area contributed by atoms with Crippen LogP contribution in [0, 0.1) is 0 Å². The van der Waals surface area contributed by atoms with Crippen LogP contribution < -0.4 is 5.32 Å². The predicted molar refractivity (Wildman–Crippen MR) is 116 cm³/mol. The van der Waals surface area contributed by atoms with Crippen LogP contribution in [-0.4, -0.2) is 13.1 Å². The van der Waals surface area contributed by atoms with Gasteiger partial charge in [0, 0.05) is 5.69 Å². The van der Waals surface area contributed by atoms with Crippen LogP contribution in [0.2, 0.25) is 10.0 Å². The first-order chi connectivity index (χ1) is 13.6. The number of anilines is 2. The zero-order valence-corrected chi connectivity index (χ0v) is 17.1. The van der Waals surface area contributed by atoms with Crippen LogP contribution in [0.3, 0.4) is 0 Å². The Labute approximate surface area is 175 Å². The number of hydrogen-bond acceptors (Lipinski definition) is 3. The Morgan fingerprint density at radius 2 is 1.57 bits per heavy atom. The van der Waals surface area contributed by atoms with Crippen LogP contribution >= 0.6 is 23.2 Å². The number of ether oxygens (including phenoxy) is 1.